The molecule has 6 heteroatoms. The van der Waals surface area contributed by atoms with Crippen LogP contribution in [0.2, 0.25) is 5.02 Å². The van der Waals surface area contributed by atoms with Gasteiger partial charge in [0.15, 0.2) is 0 Å². The highest BCUT2D eigenvalue weighted by molar-refractivity contribution is 7.89. The third kappa shape index (κ3) is 3.32. The number of benzene rings is 2. The van der Waals surface area contributed by atoms with E-state index in [4.69, 9.17) is 16.7 Å². The summed E-state index contributed by atoms with van der Waals surface area (Å²) in [5.74, 6) is 0. The van der Waals surface area contributed by atoms with Crippen molar-refractivity contribution < 1.29 is 8.42 Å². The molecule has 0 aliphatic carbocycles. The molecule has 0 spiro atoms. The summed E-state index contributed by atoms with van der Waals surface area (Å²) in [5, 5.41) is 5.82. The van der Waals surface area contributed by atoms with Crippen molar-refractivity contribution in [2.24, 2.45) is 12.2 Å². The first kappa shape index (κ1) is 15.8. The van der Waals surface area contributed by atoms with Crippen LogP contribution in [-0.2, 0) is 17.1 Å². The fourth-order valence-corrected chi connectivity index (χ4v) is 3.14. The molecule has 0 atom stereocenters. The molecule has 1 heterocycles. The SMILES string of the molecule is Cn1cc(-c2ccc(Cl)cc2)c(-c2ccc(S(N)(=O)=O)cc2)c1. The van der Waals surface area contributed by atoms with Gasteiger partial charge in [-0.3, -0.25) is 0 Å². The highest BCUT2D eigenvalue weighted by Gasteiger charge is 2.12. The molecule has 0 aliphatic heterocycles. The second-order valence-corrected chi connectivity index (χ2v) is 7.33. The molecule has 0 fully saturated rings. The van der Waals surface area contributed by atoms with E-state index in [-0.39, 0.29) is 4.90 Å². The van der Waals surface area contributed by atoms with Crippen molar-refractivity contribution in [1.29, 1.82) is 0 Å². The number of sulfonamides is 1. The van der Waals surface area contributed by atoms with E-state index in [9.17, 15) is 8.42 Å². The molecule has 3 aromatic rings. The molecule has 0 unspecified atom stereocenters. The molecule has 0 bridgehead atoms. The van der Waals surface area contributed by atoms with Crippen LogP contribution in [0.1, 0.15) is 0 Å². The van der Waals surface area contributed by atoms with E-state index in [2.05, 4.69) is 0 Å². The van der Waals surface area contributed by atoms with E-state index in [1.807, 2.05) is 48.3 Å². The van der Waals surface area contributed by atoms with Gasteiger partial charge in [0.25, 0.3) is 0 Å². The van der Waals surface area contributed by atoms with Gasteiger partial charge < -0.3 is 4.57 Å². The van der Waals surface area contributed by atoms with Gasteiger partial charge in [0, 0.05) is 35.6 Å². The fourth-order valence-electron chi connectivity index (χ4n) is 2.50. The molecule has 1 aromatic heterocycles. The zero-order chi connectivity index (χ0) is 16.6. The van der Waals surface area contributed by atoms with Gasteiger partial charge in [0.1, 0.15) is 0 Å². The molecule has 4 nitrogen and oxygen atoms in total. The van der Waals surface area contributed by atoms with E-state index in [1.165, 1.54) is 12.1 Å². The van der Waals surface area contributed by atoms with E-state index < -0.39 is 10.0 Å². The van der Waals surface area contributed by atoms with Crippen LogP contribution in [0.3, 0.4) is 0 Å². The number of aromatic nitrogens is 1. The third-order valence-electron chi connectivity index (χ3n) is 3.60. The zero-order valence-corrected chi connectivity index (χ0v) is 14.0. The Labute approximate surface area is 140 Å². The summed E-state index contributed by atoms with van der Waals surface area (Å²) < 4.78 is 24.7. The molecule has 0 radical (unpaired) electrons. The van der Waals surface area contributed by atoms with E-state index in [0.29, 0.717) is 5.02 Å². The molecule has 2 aromatic carbocycles. The van der Waals surface area contributed by atoms with Crippen molar-refractivity contribution in [2.45, 2.75) is 4.90 Å². The van der Waals surface area contributed by atoms with Crippen molar-refractivity contribution >= 4 is 21.6 Å². The number of hydrogen-bond donors (Lipinski definition) is 1. The lowest BCUT2D eigenvalue weighted by atomic mass is 9.99. The molecule has 23 heavy (non-hydrogen) atoms. The largest absolute Gasteiger partial charge is 0.356 e. The van der Waals surface area contributed by atoms with Gasteiger partial charge in [-0.05, 0) is 35.4 Å². The number of primary sulfonamides is 1. The van der Waals surface area contributed by atoms with E-state index >= 15 is 0 Å². The van der Waals surface area contributed by atoms with Crippen LogP contribution in [0.25, 0.3) is 22.3 Å². The molecule has 3 rings (SSSR count). The lowest BCUT2D eigenvalue weighted by molar-refractivity contribution is 0.598. The van der Waals surface area contributed by atoms with Crippen molar-refractivity contribution in [3.05, 3.63) is 65.9 Å². The van der Waals surface area contributed by atoms with E-state index in [1.54, 1.807) is 12.1 Å². The smallest absolute Gasteiger partial charge is 0.238 e. The van der Waals surface area contributed by atoms with Crippen LogP contribution in [0.4, 0.5) is 0 Å². The van der Waals surface area contributed by atoms with Gasteiger partial charge in [0.05, 0.1) is 4.90 Å². The van der Waals surface area contributed by atoms with Crippen LogP contribution in [-0.4, -0.2) is 13.0 Å². The average Bonchev–Trinajstić information content (AvgIpc) is 2.89. The highest BCUT2D eigenvalue weighted by Crippen LogP contribution is 2.33. The van der Waals surface area contributed by atoms with Crippen molar-refractivity contribution in [3.63, 3.8) is 0 Å². The Morgan fingerprint density at radius 3 is 1.74 bits per heavy atom. The van der Waals surface area contributed by atoms with Gasteiger partial charge in [0.2, 0.25) is 10.0 Å². The van der Waals surface area contributed by atoms with Gasteiger partial charge in [-0.15, -0.1) is 0 Å². The first-order valence-corrected chi connectivity index (χ1v) is 8.82. The fraction of sp³-hybridized carbons (Fsp3) is 0.0588. The van der Waals surface area contributed by atoms with Crippen LogP contribution < -0.4 is 5.14 Å². The number of nitrogens with zero attached hydrogens (tertiary/aromatic N) is 1. The summed E-state index contributed by atoms with van der Waals surface area (Å²) in [5.41, 5.74) is 4.02. The summed E-state index contributed by atoms with van der Waals surface area (Å²) in [4.78, 5) is 0.102. The lowest BCUT2D eigenvalue weighted by Crippen LogP contribution is -2.11. The van der Waals surface area contributed by atoms with Crippen LogP contribution in [0.5, 0.6) is 0 Å². The maximum atomic E-state index is 11.4. The number of halogens is 1. The quantitative estimate of drug-likeness (QED) is 0.786. The maximum Gasteiger partial charge on any atom is 0.238 e. The normalized spacial score (nSPS) is 11.6. The summed E-state index contributed by atoms with van der Waals surface area (Å²) in [7, 11) is -1.74. The predicted molar refractivity (Wildman–Crippen MR) is 92.7 cm³/mol. The second kappa shape index (κ2) is 5.85. The molecule has 0 saturated heterocycles. The molecule has 0 saturated carbocycles. The van der Waals surface area contributed by atoms with E-state index in [0.717, 1.165) is 22.3 Å². The minimum absolute atomic E-state index is 0.102. The first-order chi connectivity index (χ1) is 10.8. The number of nitrogens with two attached hydrogens (primary N) is 1. The standard InChI is InChI=1S/C17H15ClN2O2S/c1-20-10-16(12-2-6-14(18)7-3-12)17(11-20)13-4-8-15(9-5-13)23(19,21)22/h2-11H,1H3,(H2,19,21,22). The van der Waals surface area contributed by atoms with Crippen LogP contribution in [0.15, 0.2) is 65.8 Å². The Morgan fingerprint density at radius 1 is 0.870 bits per heavy atom. The minimum Gasteiger partial charge on any atom is -0.356 e. The third-order valence-corrected chi connectivity index (χ3v) is 4.79. The monoisotopic (exact) mass is 346 g/mol. The van der Waals surface area contributed by atoms with Crippen molar-refractivity contribution in [1.82, 2.24) is 4.57 Å². The molecule has 118 valence electrons. The summed E-state index contributed by atoms with van der Waals surface area (Å²) >= 11 is 5.95. The van der Waals surface area contributed by atoms with Gasteiger partial charge in [-0.25, -0.2) is 13.6 Å². The topological polar surface area (TPSA) is 65.1 Å². The Kier molecular flexibility index (Phi) is 4.02. The van der Waals surface area contributed by atoms with Crippen molar-refractivity contribution in [2.75, 3.05) is 0 Å². The Bertz CT molecular complexity index is 943. The Hall–Kier alpha value is -2.08. The predicted octanol–water partition coefficient (Wildman–Crippen LogP) is 3.66. The summed E-state index contributed by atoms with van der Waals surface area (Å²) in [6.45, 7) is 0. The molecular weight excluding hydrogens is 332 g/mol. The van der Waals surface area contributed by atoms with Gasteiger partial charge >= 0.3 is 0 Å². The summed E-state index contributed by atoms with van der Waals surface area (Å²) in [6.07, 6.45) is 4.02. The maximum absolute atomic E-state index is 11.4. The number of rotatable bonds is 3. The zero-order valence-electron chi connectivity index (χ0n) is 12.4. The molecule has 2 N–H and O–H groups in total. The minimum atomic E-state index is -3.68. The first-order valence-electron chi connectivity index (χ1n) is 6.90. The average molecular weight is 347 g/mol. The van der Waals surface area contributed by atoms with Crippen molar-refractivity contribution in [3.8, 4) is 22.3 Å². The summed E-state index contributed by atoms with van der Waals surface area (Å²) in [6, 6.07) is 14.2. The molecular formula is C17H15ClN2O2S. The van der Waals surface area contributed by atoms with Crippen LogP contribution in [0, 0.1) is 0 Å². The number of hydrogen-bond acceptors (Lipinski definition) is 2. The van der Waals surface area contributed by atoms with Crippen LogP contribution >= 0.6 is 11.6 Å². The second-order valence-electron chi connectivity index (χ2n) is 5.33. The van der Waals surface area contributed by atoms with Gasteiger partial charge in [-0.1, -0.05) is 35.9 Å². The lowest BCUT2D eigenvalue weighted by Gasteiger charge is -2.06. The highest BCUT2D eigenvalue weighted by atomic mass is 35.5. The Balaban J connectivity index is 2.09. The van der Waals surface area contributed by atoms with Gasteiger partial charge in [-0.2, -0.15) is 0 Å². The Morgan fingerprint density at radius 2 is 1.30 bits per heavy atom. The molecule has 0 aliphatic rings. The molecule has 0 amide bonds. The number of aryl methyl sites for hydroxylation is 1.